The summed E-state index contributed by atoms with van der Waals surface area (Å²) in [5.74, 6) is 0.117. The summed E-state index contributed by atoms with van der Waals surface area (Å²) in [6.07, 6.45) is 2.18. The van der Waals surface area contributed by atoms with Crippen molar-refractivity contribution >= 4 is 5.91 Å². The fourth-order valence-electron chi connectivity index (χ4n) is 2.56. The number of amides is 1. The molecule has 2 heterocycles. The lowest BCUT2D eigenvalue weighted by atomic mass is 10.1. The molecule has 1 aromatic heterocycles. The topological polar surface area (TPSA) is 61.0 Å². The molecule has 1 saturated heterocycles. The molecule has 1 amide bonds. The van der Waals surface area contributed by atoms with Gasteiger partial charge in [0, 0.05) is 24.8 Å². The second kappa shape index (κ2) is 4.87. The Morgan fingerprint density at radius 1 is 1.59 bits per heavy atom. The minimum atomic E-state index is 0.117. The zero-order chi connectivity index (χ0) is 12.4. The van der Waals surface area contributed by atoms with E-state index in [1.54, 1.807) is 0 Å². The molecule has 0 radical (unpaired) electrons. The highest BCUT2D eigenvalue weighted by Gasteiger charge is 2.31. The lowest BCUT2D eigenvalue weighted by Crippen LogP contribution is -2.41. The first kappa shape index (κ1) is 12.1. The van der Waals surface area contributed by atoms with Crippen LogP contribution in [0.2, 0.25) is 0 Å². The maximum absolute atomic E-state index is 12.5. The molecule has 1 unspecified atom stereocenters. The molecule has 1 atom stereocenters. The van der Waals surface area contributed by atoms with Crippen LogP contribution in [0.25, 0.3) is 0 Å². The number of aryl methyl sites for hydroxylation is 2. The number of nitrogens with zero attached hydrogens (tertiary/aromatic N) is 2. The summed E-state index contributed by atoms with van der Waals surface area (Å²) < 4.78 is 0. The van der Waals surface area contributed by atoms with Crippen molar-refractivity contribution in [3.63, 3.8) is 0 Å². The van der Waals surface area contributed by atoms with E-state index in [0.29, 0.717) is 6.04 Å². The van der Waals surface area contributed by atoms with Gasteiger partial charge in [-0.05, 0) is 33.7 Å². The number of nitrogens with one attached hydrogen (secondary N) is 2. The van der Waals surface area contributed by atoms with E-state index in [9.17, 15) is 4.79 Å². The van der Waals surface area contributed by atoms with Crippen LogP contribution in [-0.4, -0.2) is 47.2 Å². The van der Waals surface area contributed by atoms with Gasteiger partial charge in [0.25, 0.3) is 5.91 Å². The van der Waals surface area contributed by atoms with Gasteiger partial charge in [-0.2, -0.15) is 5.10 Å². The Bertz CT molecular complexity index is 393. The molecule has 17 heavy (non-hydrogen) atoms. The van der Waals surface area contributed by atoms with Crippen LogP contribution < -0.4 is 5.32 Å². The van der Waals surface area contributed by atoms with E-state index in [1.807, 2.05) is 25.8 Å². The van der Waals surface area contributed by atoms with Gasteiger partial charge in [-0.25, -0.2) is 0 Å². The number of H-pyrrole nitrogens is 1. The molecule has 0 saturated carbocycles. The molecule has 1 aromatic rings. The van der Waals surface area contributed by atoms with Gasteiger partial charge in [-0.1, -0.05) is 0 Å². The quantitative estimate of drug-likeness (QED) is 0.818. The van der Waals surface area contributed by atoms with Gasteiger partial charge in [0.2, 0.25) is 0 Å². The Labute approximate surface area is 102 Å². The molecule has 1 fully saturated rings. The molecule has 5 nitrogen and oxygen atoms in total. The molecule has 0 bridgehead atoms. The number of rotatable bonds is 3. The minimum absolute atomic E-state index is 0.117. The summed E-state index contributed by atoms with van der Waals surface area (Å²) in [5.41, 5.74) is 2.40. The van der Waals surface area contributed by atoms with Crippen molar-refractivity contribution in [2.75, 3.05) is 20.1 Å². The van der Waals surface area contributed by atoms with Gasteiger partial charge in [0.05, 0.1) is 11.3 Å². The summed E-state index contributed by atoms with van der Waals surface area (Å²) in [4.78, 5) is 14.4. The molecule has 0 spiro atoms. The maximum Gasteiger partial charge on any atom is 0.257 e. The molecule has 2 rings (SSSR count). The number of likely N-dealkylation sites (tertiary alicyclic amines) is 1. The van der Waals surface area contributed by atoms with Crippen LogP contribution in [0, 0.1) is 13.8 Å². The minimum Gasteiger partial charge on any atom is -0.334 e. The van der Waals surface area contributed by atoms with E-state index in [4.69, 9.17) is 0 Å². The van der Waals surface area contributed by atoms with Crippen molar-refractivity contribution in [3.8, 4) is 0 Å². The monoisotopic (exact) mass is 236 g/mol. The van der Waals surface area contributed by atoms with Gasteiger partial charge in [0.1, 0.15) is 0 Å². The van der Waals surface area contributed by atoms with E-state index < -0.39 is 0 Å². The first-order chi connectivity index (χ1) is 8.15. The molecule has 1 aliphatic rings. The predicted molar refractivity (Wildman–Crippen MR) is 66.0 cm³/mol. The number of hydrogen-bond donors (Lipinski definition) is 2. The van der Waals surface area contributed by atoms with Gasteiger partial charge >= 0.3 is 0 Å². The number of carbonyl (C=O) groups excluding carboxylic acids is 1. The Morgan fingerprint density at radius 3 is 2.94 bits per heavy atom. The summed E-state index contributed by atoms with van der Waals surface area (Å²) >= 11 is 0. The predicted octanol–water partition coefficient (Wildman–Crippen LogP) is 0.851. The van der Waals surface area contributed by atoms with Crippen LogP contribution in [-0.2, 0) is 0 Å². The molecular formula is C12H20N4O. The van der Waals surface area contributed by atoms with Crippen molar-refractivity contribution in [2.24, 2.45) is 0 Å². The van der Waals surface area contributed by atoms with Crippen LogP contribution in [0.3, 0.4) is 0 Å². The highest BCUT2D eigenvalue weighted by molar-refractivity contribution is 5.96. The maximum atomic E-state index is 12.5. The van der Waals surface area contributed by atoms with E-state index in [1.165, 1.54) is 0 Å². The van der Waals surface area contributed by atoms with Crippen molar-refractivity contribution in [1.82, 2.24) is 20.4 Å². The summed E-state index contributed by atoms with van der Waals surface area (Å²) in [5, 5.41) is 10.1. The number of likely N-dealkylation sites (N-methyl/N-ethyl adjacent to an activating group) is 1. The number of aromatic nitrogens is 2. The van der Waals surface area contributed by atoms with Crippen molar-refractivity contribution in [1.29, 1.82) is 0 Å². The van der Waals surface area contributed by atoms with E-state index >= 15 is 0 Å². The third-order valence-corrected chi connectivity index (χ3v) is 3.42. The second-order valence-electron chi connectivity index (χ2n) is 4.66. The molecule has 0 aromatic carbocycles. The smallest absolute Gasteiger partial charge is 0.257 e. The Morgan fingerprint density at radius 2 is 2.35 bits per heavy atom. The van der Waals surface area contributed by atoms with E-state index in [0.717, 1.165) is 42.9 Å². The molecule has 5 heteroatoms. The fourth-order valence-corrected chi connectivity index (χ4v) is 2.56. The normalized spacial score (nSPS) is 19.9. The third kappa shape index (κ3) is 2.20. The van der Waals surface area contributed by atoms with Crippen molar-refractivity contribution < 1.29 is 4.79 Å². The largest absolute Gasteiger partial charge is 0.334 e. The van der Waals surface area contributed by atoms with Gasteiger partial charge in [-0.3, -0.25) is 9.89 Å². The number of carbonyl (C=O) groups is 1. The summed E-state index contributed by atoms with van der Waals surface area (Å²) in [6, 6.07) is 0.321. The van der Waals surface area contributed by atoms with Crippen LogP contribution in [0.4, 0.5) is 0 Å². The number of aromatic amines is 1. The molecule has 2 N–H and O–H groups in total. The SMILES string of the molecule is CNCC1CCCN1C(=O)c1c(C)n[nH]c1C. The van der Waals surface area contributed by atoms with Gasteiger partial charge in [0.15, 0.2) is 0 Å². The Balaban J connectivity index is 2.20. The van der Waals surface area contributed by atoms with Crippen LogP contribution in [0.15, 0.2) is 0 Å². The first-order valence-corrected chi connectivity index (χ1v) is 6.12. The zero-order valence-electron chi connectivity index (χ0n) is 10.7. The Hall–Kier alpha value is -1.36. The third-order valence-electron chi connectivity index (χ3n) is 3.42. The zero-order valence-corrected chi connectivity index (χ0v) is 10.7. The average Bonchev–Trinajstić information content (AvgIpc) is 2.86. The van der Waals surface area contributed by atoms with Crippen LogP contribution in [0.1, 0.15) is 34.6 Å². The van der Waals surface area contributed by atoms with Gasteiger partial charge in [-0.15, -0.1) is 0 Å². The molecule has 1 aliphatic heterocycles. The van der Waals surface area contributed by atoms with Crippen molar-refractivity contribution in [2.45, 2.75) is 32.7 Å². The lowest BCUT2D eigenvalue weighted by molar-refractivity contribution is 0.0735. The van der Waals surface area contributed by atoms with Crippen LogP contribution >= 0.6 is 0 Å². The standard InChI is InChI=1S/C12H20N4O/c1-8-11(9(2)15-14-8)12(17)16-6-4-5-10(16)7-13-3/h10,13H,4-7H2,1-3H3,(H,14,15). The fraction of sp³-hybridized carbons (Fsp3) is 0.667. The van der Waals surface area contributed by atoms with Gasteiger partial charge < -0.3 is 10.2 Å². The molecular weight excluding hydrogens is 216 g/mol. The average molecular weight is 236 g/mol. The molecule has 0 aliphatic carbocycles. The molecule has 94 valence electrons. The Kier molecular flexibility index (Phi) is 3.47. The van der Waals surface area contributed by atoms with E-state index in [2.05, 4.69) is 15.5 Å². The highest BCUT2D eigenvalue weighted by atomic mass is 16.2. The highest BCUT2D eigenvalue weighted by Crippen LogP contribution is 2.21. The van der Waals surface area contributed by atoms with Crippen molar-refractivity contribution in [3.05, 3.63) is 17.0 Å². The van der Waals surface area contributed by atoms with Crippen LogP contribution in [0.5, 0.6) is 0 Å². The summed E-state index contributed by atoms with van der Waals surface area (Å²) in [7, 11) is 1.93. The van der Waals surface area contributed by atoms with E-state index in [-0.39, 0.29) is 5.91 Å². The lowest BCUT2D eigenvalue weighted by Gasteiger charge is -2.24. The number of hydrogen-bond acceptors (Lipinski definition) is 3. The second-order valence-corrected chi connectivity index (χ2v) is 4.66. The summed E-state index contributed by atoms with van der Waals surface area (Å²) in [6.45, 7) is 5.49. The first-order valence-electron chi connectivity index (χ1n) is 6.12.